The first-order chi connectivity index (χ1) is 12.2. The second-order valence-electron chi connectivity index (χ2n) is 7.07. The Bertz CT molecular complexity index is 594. The molecule has 5 nitrogen and oxygen atoms in total. The first kappa shape index (κ1) is 17.8. The molecule has 1 N–H and O–H groups in total. The summed E-state index contributed by atoms with van der Waals surface area (Å²) in [7, 11) is 0. The molecule has 1 aliphatic carbocycles. The molecule has 1 saturated carbocycles. The van der Waals surface area contributed by atoms with Gasteiger partial charge in [0, 0.05) is 19.5 Å². The van der Waals surface area contributed by atoms with Gasteiger partial charge in [0.05, 0.1) is 5.69 Å². The molecule has 136 valence electrons. The lowest BCUT2D eigenvalue weighted by molar-refractivity contribution is -0.122. The molecule has 0 saturated heterocycles. The number of anilines is 1. The fraction of sp³-hybridized carbons (Fsp3) is 0.600. The van der Waals surface area contributed by atoms with Crippen LogP contribution in [-0.4, -0.2) is 31.5 Å². The molecule has 0 spiro atoms. The van der Waals surface area contributed by atoms with Gasteiger partial charge in [0.25, 0.3) is 5.91 Å². The summed E-state index contributed by atoms with van der Waals surface area (Å²) >= 11 is 0. The van der Waals surface area contributed by atoms with Crippen molar-refractivity contribution < 1.29 is 14.3 Å². The third-order valence-corrected chi connectivity index (χ3v) is 5.18. The van der Waals surface area contributed by atoms with Crippen molar-refractivity contribution in [2.75, 3.05) is 24.6 Å². The van der Waals surface area contributed by atoms with E-state index in [1.54, 1.807) is 4.90 Å². The van der Waals surface area contributed by atoms with E-state index in [9.17, 15) is 9.59 Å². The van der Waals surface area contributed by atoms with Crippen LogP contribution in [0.25, 0.3) is 0 Å². The summed E-state index contributed by atoms with van der Waals surface area (Å²) in [5.41, 5.74) is 0.756. The Balaban J connectivity index is 1.46. The molecule has 25 heavy (non-hydrogen) atoms. The molecule has 2 amide bonds. The van der Waals surface area contributed by atoms with Crippen LogP contribution in [0.3, 0.4) is 0 Å². The Hall–Kier alpha value is -2.04. The molecule has 5 heteroatoms. The molecule has 0 unspecified atom stereocenters. The predicted octanol–water partition coefficient (Wildman–Crippen LogP) is 3.28. The van der Waals surface area contributed by atoms with Gasteiger partial charge in [-0.2, -0.15) is 0 Å². The van der Waals surface area contributed by atoms with Crippen molar-refractivity contribution in [1.82, 2.24) is 5.32 Å². The summed E-state index contributed by atoms with van der Waals surface area (Å²) in [5, 5.41) is 3.07. The highest BCUT2D eigenvalue weighted by Crippen LogP contribution is 2.31. The summed E-state index contributed by atoms with van der Waals surface area (Å²) < 4.78 is 5.43. The number of benzene rings is 1. The number of rotatable bonds is 5. The van der Waals surface area contributed by atoms with Crippen molar-refractivity contribution >= 4 is 17.5 Å². The van der Waals surface area contributed by atoms with E-state index in [2.05, 4.69) is 5.32 Å². The maximum atomic E-state index is 12.2. The number of hydrogen-bond donors (Lipinski definition) is 1. The van der Waals surface area contributed by atoms with E-state index in [1.165, 1.54) is 44.9 Å². The number of para-hydroxylation sites is 2. The number of fused-ring (bicyclic) bond motifs is 1. The molecular formula is C20H28N2O3. The van der Waals surface area contributed by atoms with Crippen LogP contribution in [0, 0.1) is 5.92 Å². The van der Waals surface area contributed by atoms with E-state index >= 15 is 0 Å². The Morgan fingerprint density at radius 1 is 1.12 bits per heavy atom. The molecule has 0 radical (unpaired) electrons. The number of carbonyl (C=O) groups excluding carboxylic acids is 2. The van der Waals surface area contributed by atoms with Crippen LogP contribution in [0.15, 0.2) is 24.3 Å². The van der Waals surface area contributed by atoms with Crippen LogP contribution in [-0.2, 0) is 9.59 Å². The summed E-state index contributed by atoms with van der Waals surface area (Å²) in [6.07, 6.45) is 9.32. The van der Waals surface area contributed by atoms with Gasteiger partial charge in [0.2, 0.25) is 5.91 Å². The highest BCUT2D eigenvalue weighted by Gasteiger charge is 2.25. The van der Waals surface area contributed by atoms with Crippen molar-refractivity contribution in [1.29, 1.82) is 0 Å². The highest BCUT2D eigenvalue weighted by molar-refractivity contribution is 5.98. The molecule has 0 aromatic heterocycles. The smallest absolute Gasteiger partial charge is 0.265 e. The van der Waals surface area contributed by atoms with E-state index in [0.29, 0.717) is 24.6 Å². The Kier molecular flexibility index (Phi) is 6.31. The molecular weight excluding hydrogens is 316 g/mol. The van der Waals surface area contributed by atoms with Crippen molar-refractivity contribution in [3.8, 4) is 5.75 Å². The van der Waals surface area contributed by atoms with Gasteiger partial charge < -0.3 is 15.0 Å². The zero-order valence-corrected chi connectivity index (χ0v) is 14.8. The summed E-state index contributed by atoms with van der Waals surface area (Å²) in [4.78, 5) is 26.0. The summed E-state index contributed by atoms with van der Waals surface area (Å²) in [6.45, 7) is 1.21. The topological polar surface area (TPSA) is 58.6 Å². The highest BCUT2D eigenvalue weighted by atomic mass is 16.5. The number of nitrogens with one attached hydrogen (secondary N) is 1. The maximum absolute atomic E-state index is 12.2. The largest absolute Gasteiger partial charge is 0.482 e. The first-order valence-corrected chi connectivity index (χ1v) is 9.53. The molecule has 1 aliphatic heterocycles. The molecule has 2 aliphatic rings. The average Bonchev–Trinajstić information content (AvgIpc) is 2.60. The maximum Gasteiger partial charge on any atom is 0.265 e. The lowest BCUT2D eigenvalue weighted by Crippen LogP contribution is -2.41. The lowest BCUT2D eigenvalue weighted by Gasteiger charge is -2.29. The predicted molar refractivity (Wildman–Crippen MR) is 97.7 cm³/mol. The zero-order valence-electron chi connectivity index (χ0n) is 14.8. The van der Waals surface area contributed by atoms with Gasteiger partial charge in [0.1, 0.15) is 5.75 Å². The average molecular weight is 344 g/mol. The number of ether oxygens (including phenoxy) is 1. The van der Waals surface area contributed by atoms with Gasteiger partial charge in [0.15, 0.2) is 6.61 Å². The molecule has 0 atom stereocenters. The third kappa shape index (κ3) is 4.97. The van der Waals surface area contributed by atoms with Crippen molar-refractivity contribution in [2.45, 2.75) is 51.4 Å². The van der Waals surface area contributed by atoms with Gasteiger partial charge in [-0.1, -0.05) is 44.2 Å². The Morgan fingerprint density at radius 2 is 1.84 bits per heavy atom. The quantitative estimate of drug-likeness (QED) is 0.892. The minimum Gasteiger partial charge on any atom is -0.482 e. The summed E-state index contributed by atoms with van der Waals surface area (Å²) in [5.74, 6) is 1.25. The van der Waals surface area contributed by atoms with Crippen molar-refractivity contribution in [2.24, 2.45) is 5.92 Å². The minimum atomic E-state index is -0.0912. The molecule has 1 aromatic carbocycles. The van der Waals surface area contributed by atoms with Gasteiger partial charge in [-0.3, -0.25) is 9.59 Å². The van der Waals surface area contributed by atoms with Crippen LogP contribution in [0.5, 0.6) is 5.75 Å². The zero-order chi connectivity index (χ0) is 17.5. The SMILES string of the molecule is O=C(CCN1C(=O)COc2ccccc21)NCC1CCCCCCC1. The van der Waals surface area contributed by atoms with Crippen LogP contribution in [0.4, 0.5) is 5.69 Å². The minimum absolute atomic E-state index is 0.0267. The third-order valence-electron chi connectivity index (χ3n) is 5.18. The van der Waals surface area contributed by atoms with E-state index in [-0.39, 0.29) is 18.4 Å². The number of hydrogen-bond acceptors (Lipinski definition) is 3. The van der Waals surface area contributed by atoms with Crippen molar-refractivity contribution in [3.05, 3.63) is 24.3 Å². The van der Waals surface area contributed by atoms with Crippen LogP contribution < -0.4 is 15.0 Å². The molecule has 0 bridgehead atoms. The monoisotopic (exact) mass is 344 g/mol. The fourth-order valence-electron chi connectivity index (χ4n) is 3.70. The normalized spacial score (nSPS) is 18.7. The first-order valence-electron chi connectivity index (χ1n) is 9.53. The van der Waals surface area contributed by atoms with E-state index in [4.69, 9.17) is 4.74 Å². The molecule has 1 heterocycles. The van der Waals surface area contributed by atoms with E-state index < -0.39 is 0 Å². The van der Waals surface area contributed by atoms with Crippen LogP contribution in [0.2, 0.25) is 0 Å². The number of carbonyl (C=O) groups is 2. The molecule has 3 rings (SSSR count). The number of amides is 2. The number of nitrogens with zero attached hydrogens (tertiary/aromatic N) is 1. The standard InChI is InChI=1S/C20H28N2O3/c23-19(21-14-16-8-4-2-1-3-5-9-16)12-13-22-17-10-6-7-11-18(17)25-15-20(22)24/h6-7,10-11,16H,1-5,8-9,12-15H2,(H,21,23). The Labute approximate surface area is 149 Å². The van der Waals surface area contributed by atoms with Gasteiger partial charge in [-0.05, 0) is 30.9 Å². The van der Waals surface area contributed by atoms with Gasteiger partial charge >= 0.3 is 0 Å². The lowest BCUT2D eigenvalue weighted by atomic mass is 9.91. The van der Waals surface area contributed by atoms with Crippen molar-refractivity contribution in [3.63, 3.8) is 0 Å². The second-order valence-corrected chi connectivity index (χ2v) is 7.07. The van der Waals surface area contributed by atoms with Gasteiger partial charge in [-0.25, -0.2) is 0 Å². The second kappa shape index (κ2) is 8.88. The Morgan fingerprint density at radius 3 is 2.64 bits per heavy atom. The van der Waals surface area contributed by atoms with Crippen LogP contribution in [0.1, 0.15) is 51.4 Å². The van der Waals surface area contributed by atoms with Gasteiger partial charge in [-0.15, -0.1) is 0 Å². The molecule has 1 fully saturated rings. The summed E-state index contributed by atoms with van der Waals surface area (Å²) in [6, 6.07) is 7.47. The van der Waals surface area contributed by atoms with E-state index in [0.717, 1.165) is 12.2 Å². The molecule has 1 aromatic rings. The fourth-order valence-corrected chi connectivity index (χ4v) is 3.70. The van der Waals surface area contributed by atoms with Crippen LogP contribution >= 0.6 is 0 Å². The van der Waals surface area contributed by atoms with E-state index in [1.807, 2.05) is 24.3 Å².